The van der Waals surface area contributed by atoms with Crippen LogP contribution in [0.4, 0.5) is 0 Å². The largest absolute Gasteiger partial charge is 0.464 e. The normalized spacial score (nSPS) is 12.0. The van der Waals surface area contributed by atoms with Gasteiger partial charge in [0, 0.05) is 17.3 Å². The van der Waals surface area contributed by atoms with Gasteiger partial charge in [-0.25, -0.2) is 8.42 Å². The summed E-state index contributed by atoms with van der Waals surface area (Å²) < 4.78 is 31.0. The molecule has 30 heavy (non-hydrogen) atoms. The van der Waals surface area contributed by atoms with E-state index in [2.05, 4.69) is 21.5 Å². The number of hydrogen-bond acceptors (Lipinski definition) is 7. The Morgan fingerprint density at radius 2 is 1.90 bits per heavy atom. The van der Waals surface area contributed by atoms with Crippen molar-refractivity contribution >= 4 is 33.2 Å². The van der Waals surface area contributed by atoms with Crippen molar-refractivity contribution in [3.63, 3.8) is 0 Å². The Balaban J connectivity index is 1.88. The highest BCUT2D eigenvalue weighted by Gasteiger charge is 2.13. The molecule has 0 bridgehead atoms. The molecular weight excluding hydrogens is 442 g/mol. The Kier molecular flexibility index (Phi) is 9.66. The number of nitrogens with one attached hydrogen (secondary N) is 2. The van der Waals surface area contributed by atoms with Crippen molar-refractivity contribution in [1.29, 1.82) is 0 Å². The van der Waals surface area contributed by atoms with Crippen LogP contribution in [0.2, 0.25) is 5.02 Å². The molecule has 6 nitrogen and oxygen atoms in total. The molecule has 0 unspecified atom stereocenters. The molecule has 1 heterocycles. The van der Waals surface area contributed by atoms with Crippen molar-refractivity contribution in [2.75, 3.05) is 32.9 Å². The van der Waals surface area contributed by atoms with Crippen molar-refractivity contribution in [3.05, 3.63) is 64.2 Å². The van der Waals surface area contributed by atoms with Crippen LogP contribution in [-0.2, 0) is 22.1 Å². The van der Waals surface area contributed by atoms with Gasteiger partial charge in [-0.1, -0.05) is 17.5 Å². The standard InChI is InChI=1S/C21H26ClN3O3S2/c1-4-11-23-21(16-30(26,27)20-9-5-17(22)6-10-20)24-12-13-29-15-19-8-7-18(28-19)14-25(2)3/h1,5-10,16,23-24H,11-15H2,2-3H3. The van der Waals surface area contributed by atoms with E-state index in [4.69, 9.17) is 22.4 Å². The van der Waals surface area contributed by atoms with Crippen LogP contribution >= 0.6 is 23.4 Å². The van der Waals surface area contributed by atoms with Crippen LogP contribution in [0.5, 0.6) is 0 Å². The Labute approximate surface area is 188 Å². The number of thioether (sulfide) groups is 1. The van der Waals surface area contributed by atoms with E-state index in [1.54, 1.807) is 23.9 Å². The Hall–Kier alpha value is -2.05. The summed E-state index contributed by atoms with van der Waals surface area (Å²) in [6.07, 6.45) is 5.29. The molecule has 1 aromatic heterocycles. The Morgan fingerprint density at radius 3 is 2.57 bits per heavy atom. The maximum absolute atomic E-state index is 12.6. The predicted molar refractivity (Wildman–Crippen MR) is 124 cm³/mol. The monoisotopic (exact) mass is 467 g/mol. The summed E-state index contributed by atoms with van der Waals surface area (Å²) in [6, 6.07) is 9.99. The first kappa shape index (κ1) is 24.2. The van der Waals surface area contributed by atoms with E-state index in [0.29, 0.717) is 17.4 Å². The maximum atomic E-state index is 12.6. The third-order valence-corrected chi connectivity index (χ3v) is 6.50. The van der Waals surface area contributed by atoms with Crippen LogP contribution in [0, 0.1) is 12.3 Å². The summed E-state index contributed by atoms with van der Waals surface area (Å²) in [6.45, 7) is 1.54. The first-order valence-corrected chi connectivity index (χ1v) is 12.3. The lowest BCUT2D eigenvalue weighted by atomic mass is 10.4. The third kappa shape index (κ3) is 8.36. The van der Waals surface area contributed by atoms with Crippen molar-refractivity contribution < 1.29 is 12.8 Å². The van der Waals surface area contributed by atoms with Crippen LogP contribution in [0.1, 0.15) is 11.5 Å². The molecule has 0 aliphatic heterocycles. The van der Waals surface area contributed by atoms with Gasteiger partial charge in [-0.2, -0.15) is 11.8 Å². The first-order chi connectivity index (χ1) is 14.3. The van der Waals surface area contributed by atoms with E-state index in [1.807, 2.05) is 26.2 Å². The van der Waals surface area contributed by atoms with Crippen LogP contribution in [0.3, 0.4) is 0 Å². The van der Waals surface area contributed by atoms with Gasteiger partial charge in [0.1, 0.15) is 17.3 Å². The molecule has 0 radical (unpaired) electrons. The van der Waals surface area contributed by atoms with E-state index < -0.39 is 9.84 Å². The lowest BCUT2D eigenvalue weighted by Gasteiger charge is -2.12. The third-order valence-electron chi connectivity index (χ3n) is 3.79. The zero-order valence-electron chi connectivity index (χ0n) is 17.0. The fraction of sp³-hybridized carbons (Fsp3) is 0.333. The van der Waals surface area contributed by atoms with Crippen LogP contribution in [0.15, 0.2) is 56.9 Å². The van der Waals surface area contributed by atoms with E-state index in [-0.39, 0.29) is 11.4 Å². The first-order valence-electron chi connectivity index (χ1n) is 9.24. The molecule has 0 saturated carbocycles. The van der Waals surface area contributed by atoms with Gasteiger partial charge >= 0.3 is 0 Å². The van der Waals surface area contributed by atoms with E-state index >= 15 is 0 Å². The zero-order chi connectivity index (χ0) is 22.0. The second-order valence-electron chi connectivity index (χ2n) is 6.67. The second kappa shape index (κ2) is 12.0. The molecule has 162 valence electrons. The number of hydrogen-bond donors (Lipinski definition) is 2. The van der Waals surface area contributed by atoms with Gasteiger partial charge in [0.2, 0.25) is 9.84 Å². The predicted octanol–water partition coefficient (Wildman–Crippen LogP) is 3.31. The molecule has 0 aliphatic rings. The van der Waals surface area contributed by atoms with E-state index in [0.717, 1.165) is 35.0 Å². The van der Waals surface area contributed by atoms with Crippen LogP contribution in [-0.4, -0.2) is 46.3 Å². The molecule has 2 aromatic rings. The molecule has 9 heteroatoms. The number of rotatable bonds is 12. The summed E-state index contributed by atoms with van der Waals surface area (Å²) in [5.41, 5.74) is 0. The molecule has 2 rings (SSSR count). The van der Waals surface area contributed by atoms with Crippen LogP contribution in [0.25, 0.3) is 0 Å². The highest BCUT2D eigenvalue weighted by Crippen LogP contribution is 2.18. The van der Waals surface area contributed by atoms with Gasteiger partial charge in [-0.05, 0) is 50.5 Å². The Bertz CT molecular complexity index is 978. The number of nitrogens with zero attached hydrogens (tertiary/aromatic N) is 1. The van der Waals surface area contributed by atoms with Gasteiger partial charge in [0.15, 0.2) is 0 Å². The minimum Gasteiger partial charge on any atom is -0.464 e. The van der Waals surface area contributed by atoms with Gasteiger partial charge < -0.3 is 20.0 Å². The number of benzene rings is 1. The topological polar surface area (TPSA) is 74.6 Å². The fourth-order valence-corrected chi connectivity index (χ4v) is 4.47. The van der Waals surface area contributed by atoms with Gasteiger partial charge in [-0.15, -0.1) is 6.42 Å². The molecule has 2 N–H and O–H groups in total. The van der Waals surface area contributed by atoms with Crippen molar-refractivity contribution in [3.8, 4) is 12.3 Å². The minimum atomic E-state index is -3.64. The average molecular weight is 468 g/mol. The zero-order valence-corrected chi connectivity index (χ0v) is 19.4. The number of terminal acetylenes is 1. The maximum Gasteiger partial charge on any atom is 0.203 e. The summed E-state index contributed by atoms with van der Waals surface area (Å²) in [7, 11) is 0.351. The number of furan rings is 1. The SMILES string of the molecule is C#CCNC(=CS(=O)(=O)c1ccc(Cl)cc1)NCCSCc1ccc(CN(C)C)o1. The van der Waals surface area contributed by atoms with Crippen molar-refractivity contribution in [2.45, 2.75) is 17.2 Å². The lowest BCUT2D eigenvalue weighted by Crippen LogP contribution is -2.29. The summed E-state index contributed by atoms with van der Waals surface area (Å²) >= 11 is 7.52. The molecule has 0 spiro atoms. The fourth-order valence-electron chi connectivity index (χ4n) is 2.47. The highest BCUT2D eigenvalue weighted by atomic mass is 35.5. The van der Waals surface area contributed by atoms with Crippen molar-refractivity contribution in [1.82, 2.24) is 15.5 Å². The van der Waals surface area contributed by atoms with E-state index in [9.17, 15) is 8.42 Å². The molecule has 0 atom stereocenters. The second-order valence-corrected chi connectivity index (χ2v) is 10.0. The molecular formula is C21H26ClN3O3S2. The average Bonchev–Trinajstić information content (AvgIpc) is 3.12. The Morgan fingerprint density at radius 1 is 1.20 bits per heavy atom. The molecule has 0 aliphatic carbocycles. The van der Waals surface area contributed by atoms with Gasteiger partial charge in [0.05, 0.1) is 29.1 Å². The molecule has 0 saturated heterocycles. The quantitative estimate of drug-likeness (QED) is 0.366. The number of halogens is 1. The van der Waals surface area contributed by atoms with Gasteiger partial charge in [-0.3, -0.25) is 0 Å². The molecule has 0 fully saturated rings. The minimum absolute atomic E-state index is 0.162. The number of sulfone groups is 1. The van der Waals surface area contributed by atoms with Crippen molar-refractivity contribution in [2.24, 2.45) is 0 Å². The summed E-state index contributed by atoms with van der Waals surface area (Å²) in [4.78, 5) is 2.21. The van der Waals surface area contributed by atoms with E-state index in [1.165, 1.54) is 12.1 Å². The highest BCUT2D eigenvalue weighted by molar-refractivity contribution is 7.98. The summed E-state index contributed by atoms with van der Waals surface area (Å²) in [5, 5.41) is 7.64. The smallest absolute Gasteiger partial charge is 0.203 e. The van der Waals surface area contributed by atoms with Crippen LogP contribution < -0.4 is 10.6 Å². The molecule has 0 amide bonds. The lowest BCUT2D eigenvalue weighted by molar-refractivity contribution is 0.344. The summed E-state index contributed by atoms with van der Waals surface area (Å²) in [5.74, 6) is 6.16. The molecule has 1 aromatic carbocycles. The van der Waals surface area contributed by atoms with Gasteiger partial charge in [0.25, 0.3) is 0 Å².